The molecule has 2 amide bonds. The van der Waals surface area contributed by atoms with Crippen molar-refractivity contribution >= 4 is 23.6 Å². The van der Waals surface area contributed by atoms with Crippen LogP contribution in [0.25, 0.3) is 0 Å². The quantitative estimate of drug-likeness (QED) is 0.765. The average molecular weight is 332 g/mol. The minimum Gasteiger partial charge on any atom is -0.369 e. The molecular weight excluding hydrogens is 315 g/mol. The molecule has 4 nitrogen and oxygen atoms in total. The first-order valence-corrected chi connectivity index (χ1v) is 8.07. The third-order valence-electron chi connectivity index (χ3n) is 3.11. The third-order valence-corrected chi connectivity index (χ3v) is 4.21. The van der Waals surface area contributed by atoms with Gasteiger partial charge in [0.05, 0.1) is 11.3 Å². The lowest BCUT2D eigenvalue weighted by Gasteiger charge is -2.09. The standard InChI is InChI=1S/C17H17FN2O2S/c18-13-7-5-12(6-8-13)9-10-20-17(22)14-3-1-2-4-15(14)23-11-16(19)21/h1-8H,9-11H2,(H2,19,21)(H,20,22). The monoisotopic (exact) mass is 332 g/mol. The molecule has 0 aliphatic carbocycles. The summed E-state index contributed by atoms with van der Waals surface area (Å²) in [6.45, 7) is 0.444. The average Bonchev–Trinajstić information content (AvgIpc) is 2.55. The molecule has 0 saturated heterocycles. The molecule has 0 bridgehead atoms. The van der Waals surface area contributed by atoms with Crippen LogP contribution in [0.2, 0.25) is 0 Å². The van der Waals surface area contributed by atoms with E-state index in [0.717, 1.165) is 5.56 Å². The number of nitrogens with two attached hydrogens (primary N) is 1. The summed E-state index contributed by atoms with van der Waals surface area (Å²) in [6, 6.07) is 13.2. The van der Waals surface area contributed by atoms with Crippen molar-refractivity contribution in [2.45, 2.75) is 11.3 Å². The number of carbonyl (C=O) groups is 2. The van der Waals surface area contributed by atoms with Crippen LogP contribution in [0.4, 0.5) is 4.39 Å². The molecule has 0 atom stereocenters. The lowest BCUT2D eigenvalue weighted by Crippen LogP contribution is -2.26. The van der Waals surface area contributed by atoms with Gasteiger partial charge < -0.3 is 11.1 Å². The van der Waals surface area contributed by atoms with Crippen molar-refractivity contribution in [3.05, 3.63) is 65.5 Å². The first-order chi connectivity index (χ1) is 11.1. The van der Waals surface area contributed by atoms with Gasteiger partial charge in [-0.2, -0.15) is 0 Å². The van der Waals surface area contributed by atoms with Gasteiger partial charge in [-0.1, -0.05) is 24.3 Å². The van der Waals surface area contributed by atoms with Crippen molar-refractivity contribution in [3.8, 4) is 0 Å². The predicted molar refractivity (Wildman–Crippen MR) is 88.8 cm³/mol. The Morgan fingerprint density at radius 1 is 1.09 bits per heavy atom. The predicted octanol–water partition coefficient (Wildman–Crippen LogP) is 2.38. The van der Waals surface area contributed by atoms with E-state index in [1.807, 2.05) is 0 Å². The zero-order chi connectivity index (χ0) is 16.7. The van der Waals surface area contributed by atoms with Crippen molar-refractivity contribution in [3.63, 3.8) is 0 Å². The van der Waals surface area contributed by atoms with Crippen LogP contribution in [0.3, 0.4) is 0 Å². The van der Waals surface area contributed by atoms with E-state index in [4.69, 9.17) is 5.73 Å². The maximum atomic E-state index is 12.8. The van der Waals surface area contributed by atoms with Gasteiger partial charge in [-0.3, -0.25) is 9.59 Å². The van der Waals surface area contributed by atoms with Gasteiger partial charge in [-0.15, -0.1) is 11.8 Å². The fourth-order valence-corrected chi connectivity index (χ4v) is 2.78. The second-order valence-corrected chi connectivity index (χ2v) is 5.90. The number of amides is 2. The lowest BCUT2D eigenvalue weighted by atomic mass is 10.1. The molecule has 0 fully saturated rings. The Kier molecular flexibility index (Phi) is 6.17. The summed E-state index contributed by atoms with van der Waals surface area (Å²) < 4.78 is 12.8. The summed E-state index contributed by atoms with van der Waals surface area (Å²) in [6.07, 6.45) is 0.614. The maximum Gasteiger partial charge on any atom is 0.252 e. The Bertz CT molecular complexity index is 689. The first kappa shape index (κ1) is 17.0. The highest BCUT2D eigenvalue weighted by atomic mass is 32.2. The molecule has 120 valence electrons. The van der Waals surface area contributed by atoms with E-state index in [-0.39, 0.29) is 17.5 Å². The van der Waals surface area contributed by atoms with Crippen LogP contribution in [-0.4, -0.2) is 24.1 Å². The summed E-state index contributed by atoms with van der Waals surface area (Å²) in [7, 11) is 0. The number of thioether (sulfide) groups is 1. The highest BCUT2D eigenvalue weighted by molar-refractivity contribution is 8.00. The molecule has 0 aliphatic heterocycles. The number of hydrogen-bond acceptors (Lipinski definition) is 3. The van der Waals surface area contributed by atoms with Gasteiger partial charge in [-0.25, -0.2) is 4.39 Å². The smallest absolute Gasteiger partial charge is 0.252 e. The van der Waals surface area contributed by atoms with Crippen molar-refractivity contribution in [1.82, 2.24) is 5.32 Å². The van der Waals surface area contributed by atoms with E-state index in [0.29, 0.717) is 23.4 Å². The molecule has 0 unspecified atom stereocenters. The Morgan fingerprint density at radius 3 is 2.48 bits per heavy atom. The molecule has 3 N–H and O–H groups in total. The van der Waals surface area contributed by atoms with E-state index in [2.05, 4.69) is 5.32 Å². The number of nitrogens with one attached hydrogen (secondary N) is 1. The van der Waals surface area contributed by atoms with Gasteiger partial charge in [0.15, 0.2) is 0 Å². The van der Waals surface area contributed by atoms with Gasteiger partial charge in [0, 0.05) is 11.4 Å². The molecule has 0 aromatic heterocycles. The topological polar surface area (TPSA) is 72.2 Å². The van der Waals surface area contributed by atoms with Crippen molar-refractivity contribution in [2.75, 3.05) is 12.3 Å². The van der Waals surface area contributed by atoms with Crippen LogP contribution >= 0.6 is 11.8 Å². The molecule has 0 spiro atoms. The lowest BCUT2D eigenvalue weighted by molar-refractivity contribution is -0.115. The van der Waals surface area contributed by atoms with E-state index < -0.39 is 5.91 Å². The van der Waals surface area contributed by atoms with Gasteiger partial charge in [0.1, 0.15) is 5.82 Å². The van der Waals surface area contributed by atoms with Crippen molar-refractivity contribution in [1.29, 1.82) is 0 Å². The van der Waals surface area contributed by atoms with E-state index >= 15 is 0 Å². The van der Waals surface area contributed by atoms with Crippen LogP contribution in [-0.2, 0) is 11.2 Å². The van der Waals surface area contributed by atoms with Crippen LogP contribution in [0, 0.1) is 5.82 Å². The summed E-state index contributed by atoms with van der Waals surface area (Å²) in [5.74, 6) is -0.792. The molecule has 2 aromatic rings. The molecule has 0 aliphatic rings. The first-order valence-electron chi connectivity index (χ1n) is 7.09. The molecule has 2 aromatic carbocycles. The third kappa shape index (κ3) is 5.41. The number of benzene rings is 2. The highest BCUT2D eigenvalue weighted by Crippen LogP contribution is 2.22. The second kappa shape index (κ2) is 8.33. The number of halogens is 1. The minimum atomic E-state index is -0.429. The SMILES string of the molecule is NC(=O)CSc1ccccc1C(=O)NCCc1ccc(F)cc1. The summed E-state index contributed by atoms with van der Waals surface area (Å²) in [4.78, 5) is 23.8. The largest absolute Gasteiger partial charge is 0.369 e. The van der Waals surface area contributed by atoms with E-state index in [9.17, 15) is 14.0 Å². The Hall–Kier alpha value is -2.34. The second-order valence-electron chi connectivity index (χ2n) is 4.88. The zero-order valence-electron chi connectivity index (χ0n) is 12.4. The van der Waals surface area contributed by atoms with Crippen LogP contribution in [0.1, 0.15) is 15.9 Å². The Balaban J connectivity index is 1.92. The summed E-state index contributed by atoms with van der Waals surface area (Å²) in [5, 5.41) is 2.83. The van der Waals surface area contributed by atoms with Crippen LogP contribution in [0.5, 0.6) is 0 Å². The van der Waals surface area contributed by atoms with Crippen LogP contribution in [0.15, 0.2) is 53.4 Å². The summed E-state index contributed by atoms with van der Waals surface area (Å²) in [5.41, 5.74) is 6.59. The van der Waals surface area contributed by atoms with Crippen LogP contribution < -0.4 is 11.1 Å². The van der Waals surface area contributed by atoms with Crippen molar-refractivity contribution in [2.24, 2.45) is 5.73 Å². The molecule has 0 heterocycles. The summed E-state index contributed by atoms with van der Waals surface area (Å²) >= 11 is 1.24. The number of primary amides is 1. The van der Waals surface area contributed by atoms with E-state index in [1.165, 1.54) is 23.9 Å². The molecule has 6 heteroatoms. The van der Waals surface area contributed by atoms with Gasteiger partial charge in [0.25, 0.3) is 5.91 Å². The molecule has 23 heavy (non-hydrogen) atoms. The van der Waals surface area contributed by atoms with Crippen molar-refractivity contribution < 1.29 is 14.0 Å². The highest BCUT2D eigenvalue weighted by Gasteiger charge is 2.11. The molecule has 0 radical (unpaired) electrons. The van der Waals surface area contributed by atoms with Gasteiger partial charge in [-0.05, 0) is 36.2 Å². The molecular formula is C17H17FN2O2S. The van der Waals surface area contributed by atoms with Gasteiger partial charge >= 0.3 is 0 Å². The minimum absolute atomic E-state index is 0.125. The van der Waals surface area contributed by atoms with E-state index in [1.54, 1.807) is 36.4 Å². The Morgan fingerprint density at radius 2 is 1.78 bits per heavy atom. The zero-order valence-corrected chi connectivity index (χ0v) is 13.2. The fourth-order valence-electron chi connectivity index (χ4n) is 2.00. The Labute approximate surface area is 138 Å². The number of rotatable bonds is 7. The maximum absolute atomic E-state index is 12.8. The number of carbonyl (C=O) groups excluding carboxylic acids is 2. The fraction of sp³-hybridized carbons (Fsp3) is 0.176. The normalized spacial score (nSPS) is 10.3. The number of hydrogen-bond donors (Lipinski definition) is 2. The molecule has 2 rings (SSSR count). The van der Waals surface area contributed by atoms with Gasteiger partial charge in [0.2, 0.25) is 5.91 Å². The molecule has 0 saturated carbocycles.